The summed E-state index contributed by atoms with van der Waals surface area (Å²) in [7, 11) is 0. The first kappa shape index (κ1) is 16.7. The minimum atomic E-state index is -4.92. The summed E-state index contributed by atoms with van der Waals surface area (Å²) >= 11 is 1.25. The number of alkyl halides is 3. The molecule has 0 bridgehead atoms. The summed E-state index contributed by atoms with van der Waals surface area (Å²) in [5, 5.41) is 16.6. The Labute approximate surface area is 131 Å². The third-order valence-electron chi connectivity index (χ3n) is 2.41. The number of nitrogens with one attached hydrogen (secondary N) is 1. The van der Waals surface area contributed by atoms with Gasteiger partial charge in [0.2, 0.25) is 5.13 Å². The molecule has 122 valence electrons. The van der Waals surface area contributed by atoms with Crippen LogP contribution in [0.25, 0.3) is 0 Å². The maximum atomic E-state index is 12.3. The molecule has 0 amide bonds. The summed E-state index contributed by atoms with van der Waals surface area (Å²) in [5.74, 6) is -0.594. The molecule has 23 heavy (non-hydrogen) atoms. The molecule has 1 aromatic heterocycles. The highest BCUT2D eigenvalue weighted by Crippen LogP contribution is 2.28. The second-order valence-electron chi connectivity index (χ2n) is 4.19. The molecule has 0 atom stereocenters. The van der Waals surface area contributed by atoms with E-state index in [9.17, 15) is 23.3 Å². The van der Waals surface area contributed by atoms with Crippen molar-refractivity contribution >= 4 is 28.4 Å². The van der Waals surface area contributed by atoms with Gasteiger partial charge in [-0.25, -0.2) is 4.98 Å². The molecule has 0 spiro atoms. The maximum absolute atomic E-state index is 12.3. The van der Waals surface area contributed by atoms with Crippen LogP contribution in [0.4, 0.5) is 24.0 Å². The molecule has 2 rings (SSSR count). The van der Waals surface area contributed by atoms with Crippen LogP contribution >= 0.6 is 11.3 Å². The van der Waals surface area contributed by atoms with Crippen molar-refractivity contribution in [1.82, 2.24) is 4.98 Å². The van der Waals surface area contributed by atoms with Crippen LogP contribution in [0.5, 0.6) is 5.75 Å². The standard InChI is InChI=1S/C12H9F3N4O3S/c1-7-6-23-11(17-7)18-16-5-8-4-9(19(20)21)2-3-10(8)22-12(13,14)15/h2-6H,1H3,(H,17,18). The van der Waals surface area contributed by atoms with Gasteiger partial charge in [-0.1, -0.05) is 0 Å². The molecule has 0 unspecified atom stereocenters. The van der Waals surface area contributed by atoms with E-state index < -0.39 is 17.0 Å². The zero-order valence-corrected chi connectivity index (χ0v) is 12.3. The predicted molar refractivity (Wildman–Crippen MR) is 77.8 cm³/mol. The number of nitro benzene ring substituents is 1. The Hall–Kier alpha value is -2.69. The number of nitro groups is 1. The van der Waals surface area contributed by atoms with Gasteiger partial charge in [0.25, 0.3) is 5.69 Å². The molecule has 2 aromatic rings. The Bertz CT molecular complexity index is 745. The van der Waals surface area contributed by atoms with Gasteiger partial charge >= 0.3 is 6.36 Å². The lowest BCUT2D eigenvalue weighted by Gasteiger charge is -2.10. The molecule has 1 heterocycles. The SMILES string of the molecule is Cc1csc(NN=Cc2cc([N+](=O)[O-])ccc2OC(F)(F)F)n1. The maximum Gasteiger partial charge on any atom is 0.573 e. The number of nitrogens with zero attached hydrogens (tertiary/aromatic N) is 3. The van der Waals surface area contributed by atoms with Gasteiger partial charge in [0.15, 0.2) is 0 Å². The Morgan fingerprint density at radius 3 is 2.78 bits per heavy atom. The number of rotatable bonds is 5. The van der Waals surface area contributed by atoms with E-state index in [0.29, 0.717) is 5.13 Å². The molecule has 1 aromatic carbocycles. The predicted octanol–water partition coefficient (Wildman–Crippen LogP) is 3.70. The van der Waals surface area contributed by atoms with Crippen LogP contribution < -0.4 is 10.2 Å². The number of hydrazone groups is 1. The Kier molecular flexibility index (Phi) is 4.79. The molecule has 0 radical (unpaired) electrons. The molecule has 0 saturated carbocycles. The summed E-state index contributed by atoms with van der Waals surface area (Å²) in [5.41, 5.74) is 2.70. The van der Waals surface area contributed by atoms with Crippen molar-refractivity contribution in [1.29, 1.82) is 0 Å². The van der Waals surface area contributed by atoms with Gasteiger partial charge < -0.3 is 4.74 Å². The number of thiazole rings is 1. The topological polar surface area (TPSA) is 89.7 Å². The van der Waals surface area contributed by atoms with Crippen molar-refractivity contribution in [2.45, 2.75) is 13.3 Å². The van der Waals surface area contributed by atoms with Gasteiger partial charge in [0.1, 0.15) is 5.75 Å². The van der Waals surface area contributed by atoms with Crippen molar-refractivity contribution in [3.63, 3.8) is 0 Å². The molecule has 0 aliphatic rings. The van der Waals surface area contributed by atoms with Crippen molar-refractivity contribution in [3.05, 3.63) is 45.0 Å². The summed E-state index contributed by atoms with van der Waals surface area (Å²) in [6.07, 6.45) is -3.93. The van der Waals surface area contributed by atoms with E-state index in [0.717, 1.165) is 30.1 Å². The molecule has 11 heteroatoms. The fourth-order valence-corrected chi connectivity index (χ4v) is 2.17. The van der Waals surface area contributed by atoms with E-state index in [1.54, 1.807) is 12.3 Å². The first-order valence-corrected chi connectivity index (χ1v) is 6.88. The lowest BCUT2D eigenvalue weighted by Crippen LogP contribution is -2.18. The van der Waals surface area contributed by atoms with Crippen LogP contribution in [0.1, 0.15) is 11.3 Å². The van der Waals surface area contributed by atoms with Gasteiger partial charge in [0.05, 0.1) is 16.8 Å². The number of aryl methyl sites for hydroxylation is 1. The normalized spacial score (nSPS) is 11.7. The average molecular weight is 346 g/mol. The van der Waals surface area contributed by atoms with Gasteiger partial charge in [-0.2, -0.15) is 5.10 Å². The molecular formula is C12H9F3N4O3S. The lowest BCUT2D eigenvalue weighted by atomic mass is 10.2. The third-order valence-corrected chi connectivity index (χ3v) is 3.28. The number of halogens is 3. The van der Waals surface area contributed by atoms with Crippen molar-refractivity contribution < 1.29 is 22.8 Å². The minimum Gasteiger partial charge on any atom is -0.405 e. The van der Waals surface area contributed by atoms with Gasteiger partial charge in [-0.05, 0) is 13.0 Å². The Morgan fingerprint density at radius 2 is 2.22 bits per heavy atom. The van der Waals surface area contributed by atoms with E-state index in [4.69, 9.17) is 0 Å². The minimum absolute atomic E-state index is 0.197. The summed E-state index contributed by atoms with van der Waals surface area (Å²) in [4.78, 5) is 14.0. The summed E-state index contributed by atoms with van der Waals surface area (Å²) < 4.78 is 40.9. The van der Waals surface area contributed by atoms with Crippen molar-refractivity contribution in [2.24, 2.45) is 5.10 Å². The highest BCUT2D eigenvalue weighted by atomic mass is 32.1. The molecule has 0 saturated heterocycles. The van der Waals surface area contributed by atoms with Crippen LogP contribution in [-0.4, -0.2) is 22.5 Å². The van der Waals surface area contributed by atoms with E-state index in [-0.39, 0.29) is 11.3 Å². The highest BCUT2D eigenvalue weighted by molar-refractivity contribution is 7.13. The first-order valence-electron chi connectivity index (χ1n) is 6.00. The monoisotopic (exact) mass is 346 g/mol. The van der Waals surface area contributed by atoms with E-state index in [1.165, 1.54) is 11.3 Å². The number of ether oxygens (including phenoxy) is 1. The van der Waals surface area contributed by atoms with Crippen LogP contribution in [0, 0.1) is 17.0 Å². The molecule has 7 nitrogen and oxygen atoms in total. The van der Waals surface area contributed by atoms with E-state index in [2.05, 4.69) is 20.2 Å². The second kappa shape index (κ2) is 6.60. The van der Waals surface area contributed by atoms with Crippen molar-refractivity contribution in [2.75, 3.05) is 5.43 Å². The quantitative estimate of drug-likeness (QED) is 0.506. The zero-order chi connectivity index (χ0) is 17.0. The molecule has 0 aliphatic heterocycles. The smallest absolute Gasteiger partial charge is 0.405 e. The number of anilines is 1. The molecule has 0 aliphatic carbocycles. The number of aromatic nitrogens is 1. The molecular weight excluding hydrogens is 337 g/mol. The van der Waals surface area contributed by atoms with Crippen LogP contribution in [0.3, 0.4) is 0 Å². The fourth-order valence-electron chi connectivity index (χ4n) is 1.53. The first-order chi connectivity index (χ1) is 10.7. The Balaban J connectivity index is 2.25. The van der Waals surface area contributed by atoms with Crippen LogP contribution in [0.15, 0.2) is 28.7 Å². The number of benzene rings is 1. The highest BCUT2D eigenvalue weighted by Gasteiger charge is 2.32. The van der Waals surface area contributed by atoms with Gasteiger partial charge in [0, 0.05) is 23.1 Å². The van der Waals surface area contributed by atoms with Gasteiger partial charge in [-0.3, -0.25) is 15.5 Å². The van der Waals surface area contributed by atoms with E-state index >= 15 is 0 Å². The average Bonchev–Trinajstić information content (AvgIpc) is 2.84. The largest absolute Gasteiger partial charge is 0.573 e. The van der Waals surface area contributed by atoms with Gasteiger partial charge in [-0.15, -0.1) is 24.5 Å². The second-order valence-corrected chi connectivity index (χ2v) is 5.05. The summed E-state index contributed by atoms with van der Waals surface area (Å²) in [6.45, 7) is 1.77. The van der Waals surface area contributed by atoms with Crippen molar-refractivity contribution in [3.8, 4) is 5.75 Å². The Morgan fingerprint density at radius 1 is 1.48 bits per heavy atom. The zero-order valence-electron chi connectivity index (χ0n) is 11.5. The number of hydrogen-bond donors (Lipinski definition) is 1. The molecule has 1 N–H and O–H groups in total. The summed E-state index contributed by atoms with van der Waals surface area (Å²) in [6, 6.07) is 2.70. The van der Waals surface area contributed by atoms with Crippen LogP contribution in [-0.2, 0) is 0 Å². The number of hydrogen-bond acceptors (Lipinski definition) is 7. The third kappa shape index (κ3) is 4.92. The lowest BCUT2D eigenvalue weighted by molar-refractivity contribution is -0.385. The van der Waals surface area contributed by atoms with E-state index in [1.807, 2.05) is 0 Å². The fraction of sp³-hybridized carbons (Fsp3) is 0.167. The molecule has 0 fully saturated rings. The number of non-ortho nitro benzene ring substituents is 1. The van der Waals surface area contributed by atoms with Crippen LogP contribution in [0.2, 0.25) is 0 Å².